The van der Waals surface area contributed by atoms with Crippen LogP contribution in [0.2, 0.25) is 0 Å². The molecule has 0 radical (unpaired) electrons. The summed E-state index contributed by atoms with van der Waals surface area (Å²) in [5, 5.41) is 3.50. The topological polar surface area (TPSA) is 33.7 Å². The maximum Gasteiger partial charge on any atom is 0.123 e. The molecule has 0 atom stereocenters. The number of rotatable bonds is 8. The van der Waals surface area contributed by atoms with Gasteiger partial charge in [-0.2, -0.15) is 0 Å². The summed E-state index contributed by atoms with van der Waals surface area (Å²) >= 11 is 0. The summed E-state index contributed by atoms with van der Waals surface area (Å²) in [6, 6.07) is 6.51. The quantitative estimate of drug-likeness (QED) is 0.746. The van der Waals surface area contributed by atoms with Crippen molar-refractivity contribution in [1.82, 2.24) is 10.2 Å². The Bertz CT molecular complexity index is 417. The molecule has 0 spiro atoms. The van der Waals surface area contributed by atoms with Crippen molar-refractivity contribution < 1.29 is 9.47 Å². The van der Waals surface area contributed by atoms with E-state index in [1.165, 1.54) is 24.0 Å². The molecule has 1 fully saturated rings. The molecule has 1 aromatic carbocycles. The van der Waals surface area contributed by atoms with E-state index in [0.29, 0.717) is 0 Å². The van der Waals surface area contributed by atoms with Crippen molar-refractivity contribution >= 4 is 0 Å². The molecule has 0 aliphatic carbocycles. The van der Waals surface area contributed by atoms with Gasteiger partial charge < -0.3 is 14.8 Å². The molecule has 0 saturated carbocycles. The highest BCUT2D eigenvalue weighted by molar-refractivity contribution is 5.37. The fraction of sp³-hybridized carbons (Fsp3) is 0.647. The van der Waals surface area contributed by atoms with Crippen LogP contribution in [0.15, 0.2) is 18.2 Å². The fourth-order valence-electron chi connectivity index (χ4n) is 2.60. The molecule has 1 aromatic rings. The van der Waals surface area contributed by atoms with Gasteiger partial charge in [0.15, 0.2) is 0 Å². The van der Waals surface area contributed by atoms with Gasteiger partial charge in [0.05, 0.1) is 20.3 Å². The number of hydrogen-bond donors (Lipinski definition) is 1. The van der Waals surface area contributed by atoms with Crippen molar-refractivity contribution in [3.63, 3.8) is 0 Å². The van der Waals surface area contributed by atoms with Gasteiger partial charge in [0, 0.05) is 31.7 Å². The molecule has 2 rings (SSSR count). The lowest BCUT2D eigenvalue weighted by Crippen LogP contribution is -2.35. The summed E-state index contributed by atoms with van der Waals surface area (Å²) in [4.78, 5) is 2.43. The van der Waals surface area contributed by atoms with E-state index in [2.05, 4.69) is 35.3 Å². The molecule has 0 aromatic heterocycles. The van der Waals surface area contributed by atoms with E-state index >= 15 is 0 Å². The number of nitrogens with one attached hydrogen (secondary N) is 1. The Morgan fingerprint density at radius 3 is 2.81 bits per heavy atom. The molecule has 1 aliphatic rings. The van der Waals surface area contributed by atoms with Crippen molar-refractivity contribution in [2.45, 2.75) is 32.9 Å². The molecule has 4 heteroatoms. The number of hydrogen-bond acceptors (Lipinski definition) is 4. The third kappa shape index (κ3) is 5.30. The van der Waals surface area contributed by atoms with Crippen LogP contribution in [-0.4, -0.2) is 44.9 Å². The lowest BCUT2D eigenvalue weighted by molar-refractivity contribution is 0.0339. The van der Waals surface area contributed by atoms with Crippen LogP contribution in [0.1, 0.15) is 30.9 Å². The first kappa shape index (κ1) is 16.3. The Morgan fingerprint density at radius 2 is 2.10 bits per heavy atom. The second kappa shape index (κ2) is 9.03. The van der Waals surface area contributed by atoms with Gasteiger partial charge in [0.2, 0.25) is 0 Å². The number of nitrogens with zero attached hydrogens (tertiary/aromatic N) is 1. The number of unbranched alkanes of at least 4 members (excludes halogenated alkanes) is 1. The van der Waals surface area contributed by atoms with E-state index < -0.39 is 0 Å². The SMILES string of the molecule is CCCCNCc1ccc(OC)c(CN2CCOCC2)c1. The predicted octanol–water partition coefficient (Wildman–Crippen LogP) is 2.42. The molecule has 0 amide bonds. The second-order valence-corrected chi connectivity index (χ2v) is 5.57. The van der Waals surface area contributed by atoms with E-state index in [1.807, 2.05) is 0 Å². The summed E-state index contributed by atoms with van der Waals surface area (Å²) in [7, 11) is 1.75. The Kier molecular flexibility index (Phi) is 7.00. The summed E-state index contributed by atoms with van der Waals surface area (Å²) < 4.78 is 10.9. The van der Waals surface area contributed by atoms with Crippen molar-refractivity contribution in [3.8, 4) is 5.75 Å². The smallest absolute Gasteiger partial charge is 0.123 e. The minimum absolute atomic E-state index is 0.834. The maximum absolute atomic E-state index is 5.51. The Morgan fingerprint density at radius 1 is 1.29 bits per heavy atom. The first-order valence-corrected chi connectivity index (χ1v) is 8.00. The standard InChI is InChI=1S/C17H28N2O2/c1-3-4-7-18-13-15-5-6-17(20-2)16(12-15)14-19-8-10-21-11-9-19/h5-6,12,18H,3-4,7-11,13-14H2,1-2H3. The molecular formula is C17H28N2O2. The van der Waals surface area contributed by atoms with Gasteiger partial charge in [0.25, 0.3) is 0 Å². The molecule has 118 valence electrons. The highest BCUT2D eigenvalue weighted by atomic mass is 16.5. The monoisotopic (exact) mass is 292 g/mol. The summed E-state index contributed by atoms with van der Waals surface area (Å²) in [5.41, 5.74) is 2.60. The van der Waals surface area contributed by atoms with Crippen LogP contribution in [0.25, 0.3) is 0 Å². The zero-order valence-corrected chi connectivity index (χ0v) is 13.4. The Hall–Kier alpha value is -1.10. The molecule has 1 heterocycles. The Balaban J connectivity index is 1.95. The van der Waals surface area contributed by atoms with Crippen molar-refractivity contribution in [3.05, 3.63) is 29.3 Å². The molecule has 1 N–H and O–H groups in total. The molecular weight excluding hydrogens is 264 g/mol. The van der Waals surface area contributed by atoms with Crippen LogP contribution in [-0.2, 0) is 17.8 Å². The maximum atomic E-state index is 5.51. The van der Waals surface area contributed by atoms with Gasteiger partial charge >= 0.3 is 0 Å². The van der Waals surface area contributed by atoms with Crippen molar-refractivity contribution in [1.29, 1.82) is 0 Å². The number of morpholine rings is 1. The first-order valence-electron chi connectivity index (χ1n) is 8.00. The minimum atomic E-state index is 0.834. The van der Waals surface area contributed by atoms with Crippen molar-refractivity contribution in [2.24, 2.45) is 0 Å². The van der Waals surface area contributed by atoms with Gasteiger partial charge in [-0.25, -0.2) is 0 Å². The molecule has 21 heavy (non-hydrogen) atoms. The van der Waals surface area contributed by atoms with Crippen LogP contribution in [0.3, 0.4) is 0 Å². The van der Waals surface area contributed by atoms with E-state index in [9.17, 15) is 0 Å². The second-order valence-electron chi connectivity index (χ2n) is 5.57. The lowest BCUT2D eigenvalue weighted by atomic mass is 10.1. The molecule has 0 bridgehead atoms. The van der Waals surface area contributed by atoms with Gasteiger partial charge in [-0.1, -0.05) is 19.4 Å². The fourth-order valence-corrected chi connectivity index (χ4v) is 2.60. The van der Waals surface area contributed by atoms with Gasteiger partial charge in [-0.15, -0.1) is 0 Å². The molecule has 1 saturated heterocycles. The Labute approximate surface area is 128 Å². The highest BCUT2D eigenvalue weighted by Gasteiger charge is 2.13. The molecule has 4 nitrogen and oxygen atoms in total. The average molecular weight is 292 g/mol. The van der Waals surface area contributed by atoms with Crippen LogP contribution in [0.5, 0.6) is 5.75 Å². The van der Waals surface area contributed by atoms with E-state index in [1.54, 1.807) is 7.11 Å². The molecule has 1 aliphatic heterocycles. The van der Waals surface area contributed by atoms with Gasteiger partial charge in [-0.3, -0.25) is 4.90 Å². The predicted molar refractivity (Wildman–Crippen MR) is 85.7 cm³/mol. The van der Waals surface area contributed by atoms with Crippen LogP contribution in [0, 0.1) is 0 Å². The number of ether oxygens (including phenoxy) is 2. The largest absolute Gasteiger partial charge is 0.496 e. The number of methoxy groups -OCH3 is 1. The normalized spacial score (nSPS) is 16.1. The third-order valence-corrected chi connectivity index (χ3v) is 3.88. The zero-order chi connectivity index (χ0) is 14.9. The van der Waals surface area contributed by atoms with Crippen LogP contribution >= 0.6 is 0 Å². The number of benzene rings is 1. The summed E-state index contributed by atoms with van der Waals surface area (Å²) in [6.07, 6.45) is 2.47. The lowest BCUT2D eigenvalue weighted by Gasteiger charge is -2.27. The van der Waals surface area contributed by atoms with Gasteiger partial charge in [0.1, 0.15) is 5.75 Å². The van der Waals surface area contributed by atoms with Crippen LogP contribution < -0.4 is 10.1 Å². The van der Waals surface area contributed by atoms with E-state index in [0.717, 1.165) is 51.7 Å². The summed E-state index contributed by atoms with van der Waals surface area (Å²) in [6.45, 7) is 8.84. The molecule has 0 unspecified atom stereocenters. The van der Waals surface area contributed by atoms with E-state index in [-0.39, 0.29) is 0 Å². The van der Waals surface area contributed by atoms with Gasteiger partial charge in [-0.05, 0) is 30.7 Å². The average Bonchev–Trinajstić information content (AvgIpc) is 2.53. The van der Waals surface area contributed by atoms with Crippen molar-refractivity contribution in [2.75, 3.05) is 40.0 Å². The van der Waals surface area contributed by atoms with Crippen LogP contribution in [0.4, 0.5) is 0 Å². The third-order valence-electron chi connectivity index (χ3n) is 3.88. The van der Waals surface area contributed by atoms with E-state index in [4.69, 9.17) is 9.47 Å². The first-order chi connectivity index (χ1) is 10.3. The summed E-state index contributed by atoms with van der Waals surface area (Å²) in [5.74, 6) is 0.985. The minimum Gasteiger partial charge on any atom is -0.496 e. The zero-order valence-electron chi connectivity index (χ0n) is 13.4. The highest BCUT2D eigenvalue weighted by Crippen LogP contribution is 2.22.